The predicted molar refractivity (Wildman–Crippen MR) is 148 cm³/mol. The van der Waals surface area contributed by atoms with E-state index in [4.69, 9.17) is 9.47 Å². The van der Waals surface area contributed by atoms with Crippen molar-refractivity contribution in [1.29, 1.82) is 0 Å². The van der Waals surface area contributed by atoms with Crippen molar-refractivity contribution in [1.82, 2.24) is 20.4 Å². The lowest BCUT2D eigenvalue weighted by atomic mass is 10.0. The molecule has 2 aliphatic heterocycles. The van der Waals surface area contributed by atoms with Crippen LogP contribution in [-0.2, 0) is 4.74 Å². The molecule has 2 saturated heterocycles. The SMILES string of the molecule is CN=C(NCCCN1CCN(c2ccc(OC)cc2)CC1)NCC(C)(C)N1CCOCC1.I. The summed E-state index contributed by atoms with van der Waals surface area (Å²) in [6, 6.07) is 8.38. The van der Waals surface area contributed by atoms with Gasteiger partial charge in [-0.05, 0) is 51.1 Å². The van der Waals surface area contributed by atoms with Crippen molar-refractivity contribution < 1.29 is 9.47 Å². The molecule has 188 valence electrons. The molecule has 2 fully saturated rings. The Kier molecular flexibility index (Phi) is 12.0. The number of hydrogen-bond acceptors (Lipinski definition) is 6. The average molecular weight is 575 g/mol. The maximum absolute atomic E-state index is 5.48. The van der Waals surface area contributed by atoms with Crippen LogP contribution < -0.4 is 20.3 Å². The van der Waals surface area contributed by atoms with Crippen LogP contribution in [0.25, 0.3) is 0 Å². The van der Waals surface area contributed by atoms with Crippen LogP contribution in [0.15, 0.2) is 29.3 Å². The molecule has 2 heterocycles. The van der Waals surface area contributed by atoms with Crippen molar-refractivity contribution >= 4 is 35.6 Å². The third-order valence-corrected chi connectivity index (χ3v) is 6.53. The van der Waals surface area contributed by atoms with E-state index in [0.29, 0.717) is 0 Å². The minimum Gasteiger partial charge on any atom is -0.497 e. The lowest BCUT2D eigenvalue weighted by molar-refractivity contribution is -0.00833. The monoisotopic (exact) mass is 574 g/mol. The quantitative estimate of drug-likeness (QED) is 0.203. The Morgan fingerprint density at radius 3 is 2.30 bits per heavy atom. The Labute approximate surface area is 217 Å². The van der Waals surface area contributed by atoms with Gasteiger partial charge in [-0.2, -0.15) is 0 Å². The van der Waals surface area contributed by atoms with E-state index in [1.807, 2.05) is 19.2 Å². The third kappa shape index (κ3) is 8.77. The lowest BCUT2D eigenvalue weighted by Gasteiger charge is -2.41. The second kappa shape index (κ2) is 14.2. The van der Waals surface area contributed by atoms with E-state index in [9.17, 15) is 0 Å². The molecule has 0 atom stereocenters. The maximum Gasteiger partial charge on any atom is 0.191 e. The summed E-state index contributed by atoms with van der Waals surface area (Å²) >= 11 is 0. The summed E-state index contributed by atoms with van der Waals surface area (Å²) in [5.74, 6) is 1.80. The van der Waals surface area contributed by atoms with E-state index in [0.717, 1.165) is 90.2 Å². The lowest BCUT2D eigenvalue weighted by Crippen LogP contribution is -2.56. The zero-order valence-corrected chi connectivity index (χ0v) is 23.1. The fraction of sp³-hybridized carbons (Fsp3) is 0.708. The molecule has 0 aliphatic carbocycles. The van der Waals surface area contributed by atoms with Gasteiger partial charge in [0.1, 0.15) is 5.75 Å². The van der Waals surface area contributed by atoms with Gasteiger partial charge in [-0.25, -0.2) is 0 Å². The molecule has 8 nitrogen and oxygen atoms in total. The van der Waals surface area contributed by atoms with Crippen LogP contribution in [0, 0.1) is 0 Å². The standard InChI is InChI=1S/C24H42N6O2.HI/c1-24(2,30-16-18-32-19-17-30)20-27-23(25-3)26-10-5-11-28-12-14-29(15-13-28)21-6-8-22(31-4)9-7-21;/h6-9H,5,10-20H2,1-4H3,(H2,25,26,27);1H. The Bertz CT molecular complexity index is 701. The number of aliphatic imine (C=N–C) groups is 1. The number of anilines is 1. The zero-order chi connectivity index (χ0) is 22.8. The first-order chi connectivity index (χ1) is 15.5. The summed E-state index contributed by atoms with van der Waals surface area (Å²) < 4.78 is 10.7. The summed E-state index contributed by atoms with van der Waals surface area (Å²) in [7, 11) is 3.55. The van der Waals surface area contributed by atoms with Gasteiger partial charge in [0.05, 0.1) is 20.3 Å². The number of hydrogen-bond donors (Lipinski definition) is 2. The Balaban J connectivity index is 0.00000385. The number of ether oxygens (including phenoxy) is 2. The summed E-state index contributed by atoms with van der Waals surface area (Å²) in [5.41, 5.74) is 1.35. The highest BCUT2D eigenvalue weighted by Crippen LogP contribution is 2.20. The first kappa shape index (κ1) is 27.9. The Morgan fingerprint density at radius 2 is 1.70 bits per heavy atom. The number of halogens is 1. The Morgan fingerprint density at radius 1 is 1.03 bits per heavy atom. The van der Waals surface area contributed by atoms with Gasteiger partial charge in [-0.3, -0.25) is 14.8 Å². The molecule has 0 bridgehead atoms. The third-order valence-electron chi connectivity index (χ3n) is 6.53. The molecule has 0 unspecified atom stereocenters. The number of guanidine groups is 1. The number of nitrogens with one attached hydrogen (secondary N) is 2. The number of methoxy groups -OCH3 is 1. The molecule has 2 aliphatic rings. The van der Waals surface area contributed by atoms with Crippen molar-refractivity contribution in [2.45, 2.75) is 25.8 Å². The first-order valence-corrected chi connectivity index (χ1v) is 11.9. The van der Waals surface area contributed by atoms with Crippen LogP contribution >= 0.6 is 24.0 Å². The molecule has 1 aromatic rings. The van der Waals surface area contributed by atoms with E-state index < -0.39 is 0 Å². The summed E-state index contributed by atoms with van der Waals surface area (Å²) in [6.07, 6.45) is 1.11. The second-order valence-corrected chi connectivity index (χ2v) is 9.14. The highest BCUT2D eigenvalue weighted by molar-refractivity contribution is 14.0. The van der Waals surface area contributed by atoms with Gasteiger partial charge in [0, 0.05) is 70.6 Å². The number of rotatable bonds is 9. The molecule has 0 radical (unpaired) electrons. The van der Waals surface area contributed by atoms with Crippen LogP contribution in [0.1, 0.15) is 20.3 Å². The predicted octanol–water partition coefficient (Wildman–Crippen LogP) is 2.10. The van der Waals surface area contributed by atoms with Crippen LogP contribution in [0.5, 0.6) is 5.75 Å². The van der Waals surface area contributed by atoms with Crippen LogP contribution in [0.4, 0.5) is 5.69 Å². The minimum absolute atomic E-state index is 0. The van der Waals surface area contributed by atoms with Crippen molar-refractivity contribution in [3.05, 3.63) is 24.3 Å². The average Bonchev–Trinajstić information content (AvgIpc) is 2.84. The van der Waals surface area contributed by atoms with Gasteiger partial charge >= 0.3 is 0 Å². The topological polar surface area (TPSA) is 64.6 Å². The van der Waals surface area contributed by atoms with E-state index in [-0.39, 0.29) is 29.5 Å². The van der Waals surface area contributed by atoms with Crippen LogP contribution in [0.3, 0.4) is 0 Å². The summed E-state index contributed by atoms with van der Waals surface area (Å²) in [4.78, 5) is 11.9. The van der Waals surface area contributed by atoms with Crippen molar-refractivity contribution in [2.75, 3.05) is 91.2 Å². The highest BCUT2D eigenvalue weighted by atomic mass is 127. The van der Waals surface area contributed by atoms with Gasteiger partial charge in [0.15, 0.2) is 5.96 Å². The van der Waals surface area contributed by atoms with Crippen molar-refractivity contribution in [3.63, 3.8) is 0 Å². The van der Waals surface area contributed by atoms with Crippen LogP contribution in [-0.4, -0.2) is 108 Å². The van der Waals surface area contributed by atoms with Gasteiger partial charge in [-0.15, -0.1) is 24.0 Å². The fourth-order valence-corrected chi connectivity index (χ4v) is 4.33. The molecule has 2 N–H and O–H groups in total. The molecule has 9 heteroatoms. The van der Waals surface area contributed by atoms with E-state index in [1.54, 1.807) is 7.11 Å². The molecular formula is C24H43IN6O2. The smallest absolute Gasteiger partial charge is 0.191 e. The second-order valence-electron chi connectivity index (χ2n) is 9.14. The molecule has 33 heavy (non-hydrogen) atoms. The van der Waals surface area contributed by atoms with Gasteiger partial charge < -0.3 is 25.0 Å². The molecule has 0 amide bonds. The number of benzene rings is 1. The van der Waals surface area contributed by atoms with E-state index >= 15 is 0 Å². The summed E-state index contributed by atoms with van der Waals surface area (Å²) in [6.45, 7) is 15.4. The Hall–Kier alpha value is -1.30. The van der Waals surface area contributed by atoms with Crippen LogP contribution in [0.2, 0.25) is 0 Å². The number of morpholine rings is 1. The molecule has 3 rings (SSSR count). The first-order valence-electron chi connectivity index (χ1n) is 11.9. The largest absolute Gasteiger partial charge is 0.497 e. The molecule has 0 saturated carbocycles. The van der Waals surface area contributed by atoms with E-state index in [2.05, 4.69) is 56.3 Å². The minimum atomic E-state index is 0. The van der Waals surface area contributed by atoms with Crippen molar-refractivity contribution in [3.8, 4) is 5.75 Å². The van der Waals surface area contributed by atoms with Gasteiger partial charge in [0.2, 0.25) is 0 Å². The van der Waals surface area contributed by atoms with Gasteiger partial charge in [0.25, 0.3) is 0 Å². The van der Waals surface area contributed by atoms with E-state index in [1.165, 1.54) is 5.69 Å². The fourth-order valence-electron chi connectivity index (χ4n) is 4.33. The summed E-state index contributed by atoms with van der Waals surface area (Å²) in [5, 5.41) is 6.98. The number of nitrogens with zero attached hydrogens (tertiary/aromatic N) is 4. The molecule has 0 aromatic heterocycles. The highest BCUT2D eigenvalue weighted by Gasteiger charge is 2.28. The zero-order valence-electron chi connectivity index (χ0n) is 20.8. The maximum atomic E-state index is 5.48. The molecule has 0 spiro atoms. The normalized spacial score (nSPS) is 18.5. The van der Waals surface area contributed by atoms with Crippen molar-refractivity contribution in [2.24, 2.45) is 4.99 Å². The molecular weight excluding hydrogens is 531 g/mol. The number of piperazine rings is 1. The van der Waals surface area contributed by atoms with Gasteiger partial charge in [-0.1, -0.05) is 0 Å². The molecule has 1 aromatic carbocycles.